The van der Waals surface area contributed by atoms with Crippen LogP contribution in [0.4, 0.5) is 0 Å². The first-order valence-electron chi connectivity index (χ1n) is 5.71. The molecule has 1 unspecified atom stereocenters. The van der Waals surface area contributed by atoms with E-state index < -0.39 is 0 Å². The molecule has 0 aliphatic heterocycles. The van der Waals surface area contributed by atoms with Crippen molar-refractivity contribution in [1.82, 2.24) is 5.32 Å². The lowest BCUT2D eigenvalue weighted by molar-refractivity contribution is 0.121. The van der Waals surface area contributed by atoms with Gasteiger partial charge in [0.2, 0.25) is 0 Å². The Labute approximate surface area is 88.7 Å². The summed E-state index contributed by atoms with van der Waals surface area (Å²) in [6, 6.07) is 0.527. The number of hydrogen-bond donors (Lipinski definition) is 1. The minimum Gasteiger partial charge on any atom is -0.380 e. The van der Waals surface area contributed by atoms with E-state index in [4.69, 9.17) is 4.74 Å². The summed E-state index contributed by atoms with van der Waals surface area (Å²) < 4.78 is 5.39. The molecule has 2 heteroatoms. The van der Waals surface area contributed by atoms with Gasteiger partial charge in [-0.25, -0.2) is 0 Å². The third kappa shape index (κ3) is 8.27. The number of unbranched alkanes of at least 4 members (excludes halogenated alkanes) is 3. The van der Waals surface area contributed by atoms with Gasteiger partial charge in [-0.15, -0.1) is 6.58 Å². The molecule has 84 valence electrons. The van der Waals surface area contributed by atoms with E-state index in [0.717, 1.165) is 19.6 Å². The molecule has 0 aromatic heterocycles. The van der Waals surface area contributed by atoms with Gasteiger partial charge in [0.1, 0.15) is 0 Å². The second-order valence-electron chi connectivity index (χ2n) is 3.57. The summed E-state index contributed by atoms with van der Waals surface area (Å²) in [5, 5.41) is 3.28. The van der Waals surface area contributed by atoms with Gasteiger partial charge < -0.3 is 10.1 Å². The summed E-state index contributed by atoms with van der Waals surface area (Å²) in [6.45, 7) is 7.41. The van der Waals surface area contributed by atoms with E-state index in [1.807, 2.05) is 20.0 Å². The average Bonchev–Trinajstić information content (AvgIpc) is 2.22. The lowest BCUT2D eigenvalue weighted by atomic mass is 10.1. The second-order valence-corrected chi connectivity index (χ2v) is 3.57. The number of allylic oxidation sites excluding steroid dienone is 1. The largest absolute Gasteiger partial charge is 0.380 e. The Morgan fingerprint density at radius 2 is 2.14 bits per heavy atom. The van der Waals surface area contributed by atoms with Crippen molar-refractivity contribution < 1.29 is 4.74 Å². The molecule has 0 radical (unpaired) electrons. The van der Waals surface area contributed by atoms with Crippen LogP contribution < -0.4 is 5.32 Å². The molecule has 0 spiro atoms. The Hall–Kier alpha value is -0.340. The van der Waals surface area contributed by atoms with Crippen LogP contribution in [0.1, 0.15) is 39.0 Å². The molecule has 0 fully saturated rings. The summed E-state index contributed by atoms with van der Waals surface area (Å²) in [5.41, 5.74) is 0. The summed E-state index contributed by atoms with van der Waals surface area (Å²) in [6.07, 6.45) is 8.22. The predicted octanol–water partition coefficient (Wildman–Crippen LogP) is 2.75. The van der Waals surface area contributed by atoms with Crippen molar-refractivity contribution in [2.24, 2.45) is 0 Å². The molecule has 0 amide bonds. The highest BCUT2D eigenvalue weighted by Crippen LogP contribution is 2.06. The van der Waals surface area contributed by atoms with Gasteiger partial charge in [0.25, 0.3) is 0 Å². The first-order valence-corrected chi connectivity index (χ1v) is 5.71. The fourth-order valence-corrected chi connectivity index (χ4v) is 1.43. The van der Waals surface area contributed by atoms with Crippen molar-refractivity contribution in [3.05, 3.63) is 12.7 Å². The van der Waals surface area contributed by atoms with Crippen molar-refractivity contribution >= 4 is 0 Å². The van der Waals surface area contributed by atoms with E-state index in [9.17, 15) is 0 Å². The summed E-state index contributed by atoms with van der Waals surface area (Å²) in [5.74, 6) is 0. The fourth-order valence-electron chi connectivity index (χ4n) is 1.43. The van der Waals surface area contributed by atoms with Crippen LogP contribution in [0.5, 0.6) is 0 Å². The Kier molecular flexibility index (Phi) is 10.5. The van der Waals surface area contributed by atoms with Crippen LogP contribution in [-0.2, 0) is 4.74 Å². The fraction of sp³-hybridized carbons (Fsp3) is 0.833. The van der Waals surface area contributed by atoms with Crippen LogP contribution >= 0.6 is 0 Å². The van der Waals surface area contributed by atoms with E-state index in [2.05, 4.69) is 11.9 Å². The lowest BCUT2D eigenvalue weighted by Crippen LogP contribution is -2.30. The van der Waals surface area contributed by atoms with E-state index in [-0.39, 0.29) is 0 Å². The third-order valence-electron chi connectivity index (χ3n) is 2.39. The third-order valence-corrected chi connectivity index (χ3v) is 2.39. The number of nitrogens with one attached hydrogen (secondary N) is 1. The van der Waals surface area contributed by atoms with Crippen LogP contribution in [0.2, 0.25) is 0 Å². The highest BCUT2D eigenvalue weighted by molar-refractivity contribution is 4.67. The molecule has 0 aliphatic rings. The minimum atomic E-state index is 0.527. The minimum absolute atomic E-state index is 0.527. The maximum atomic E-state index is 5.39. The van der Waals surface area contributed by atoms with Gasteiger partial charge in [-0.1, -0.05) is 18.9 Å². The molecule has 0 aliphatic carbocycles. The van der Waals surface area contributed by atoms with Crippen LogP contribution in [-0.4, -0.2) is 26.3 Å². The van der Waals surface area contributed by atoms with E-state index in [0.29, 0.717) is 6.04 Å². The van der Waals surface area contributed by atoms with Gasteiger partial charge in [0, 0.05) is 12.6 Å². The van der Waals surface area contributed by atoms with Gasteiger partial charge >= 0.3 is 0 Å². The van der Waals surface area contributed by atoms with Crippen LogP contribution in [0, 0.1) is 0 Å². The SMILES string of the molecule is C=CCCCCCC(COCC)NC. The zero-order chi connectivity index (χ0) is 10.6. The molecule has 0 saturated carbocycles. The second kappa shape index (κ2) is 10.7. The van der Waals surface area contributed by atoms with Crippen molar-refractivity contribution in [3.63, 3.8) is 0 Å². The summed E-state index contributed by atoms with van der Waals surface area (Å²) >= 11 is 0. The molecule has 0 aromatic rings. The average molecular weight is 199 g/mol. The van der Waals surface area contributed by atoms with Gasteiger partial charge in [-0.2, -0.15) is 0 Å². The van der Waals surface area contributed by atoms with Crippen LogP contribution in [0.15, 0.2) is 12.7 Å². The standard InChI is InChI=1S/C12H25NO/c1-4-6-7-8-9-10-12(13-3)11-14-5-2/h4,12-13H,1,5-11H2,2-3H3. The first-order chi connectivity index (χ1) is 6.85. The Bertz CT molecular complexity index is 125. The zero-order valence-corrected chi connectivity index (χ0v) is 9.72. The highest BCUT2D eigenvalue weighted by atomic mass is 16.5. The van der Waals surface area contributed by atoms with Gasteiger partial charge in [-0.3, -0.25) is 0 Å². The van der Waals surface area contributed by atoms with E-state index in [1.165, 1.54) is 25.7 Å². The molecule has 14 heavy (non-hydrogen) atoms. The molecular formula is C12H25NO. The van der Waals surface area contributed by atoms with Crippen LogP contribution in [0.25, 0.3) is 0 Å². The van der Waals surface area contributed by atoms with E-state index >= 15 is 0 Å². The number of ether oxygens (including phenoxy) is 1. The van der Waals surface area contributed by atoms with Gasteiger partial charge in [-0.05, 0) is 33.2 Å². The molecule has 0 saturated heterocycles. The molecule has 0 rings (SSSR count). The smallest absolute Gasteiger partial charge is 0.0619 e. The Balaban J connectivity index is 3.28. The topological polar surface area (TPSA) is 21.3 Å². The van der Waals surface area contributed by atoms with Crippen molar-refractivity contribution in [2.45, 2.75) is 45.1 Å². The van der Waals surface area contributed by atoms with Gasteiger partial charge in [0.15, 0.2) is 0 Å². The predicted molar refractivity (Wildman–Crippen MR) is 62.6 cm³/mol. The molecule has 1 atom stereocenters. The maximum absolute atomic E-state index is 5.39. The zero-order valence-electron chi connectivity index (χ0n) is 9.72. The monoisotopic (exact) mass is 199 g/mol. The molecular weight excluding hydrogens is 174 g/mol. The van der Waals surface area contributed by atoms with Gasteiger partial charge in [0.05, 0.1) is 6.61 Å². The number of rotatable bonds is 10. The van der Waals surface area contributed by atoms with Crippen molar-refractivity contribution in [2.75, 3.05) is 20.3 Å². The normalized spacial score (nSPS) is 12.7. The van der Waals surface area contributed by atoms with Crippen LogP contribution in [0.3, 0.4) is 0 Å². The van der Waals surface area contributed by atoms with Crippen molar-refractivity contribution in [1.29, 1.82) is 0 Å². The highest BCUT2D eigenvalue weighted by Gasteiger charge is 2.04. The Morgan fingerprint density at radius 3 is 2.71 bits per heavy atom. The Morgan fingerprint density at radius 1 is 1.36 bits per heavy atom. The van der Waals surface area contributed by atoms with Crippen molar-refractivity contribution in [3.8, 4) is 0 Å². The molecule has 0 bridgehead atoms. The summed E-state index contributed by atoms with van der Waals surface area (Å²) in [4.78, 5) is 0. The molecule has 0 aromatic carbocycles. The maximum Gasteiger partial charge on any atom is 0.0619 e. The molecule has 2 nitrogen and oxygen atoms in total. The van der Waals surface area contributed by atoms with E-state index in [1.54, 1.807) is 0 Å². The number of hydrogen-bond acceptors (Lipinski definition) is 2. The quantitative estimate of drug-likeness (QED) is 0.431. The molecule has 1 N–H and O–H groups in total. The number of likely N-dealkylation sites (N-methyl/N-ethyl adjacent to an activating group) is 1. The lowest BCUT2D eigenvalue weighted by Gasteiger charge is -2.15. The first kappa shape index (κ1) is 13.7. The molecule has 0 heterocycles. The summed E-state index contributed by atoms with van der Waals surface area (Å²) in [7, 11) is 2.01.